The molecule has 0 saturated carbocycles. The molecule has 0 aliphatic carbocycles. The van der Waals surface area contributed by atoms with Crippen LogP contribution in [0.25, 0.3) is 0 Å². The number of unbranched alkanes of at least 4 members (excludes halogenated alkanes) is 1. The molecule has 4 nitrogen and oxygen atoms in total. The standard InChI is InChI=1S/C6H14N2O2.C3H8/c1-10-6(9)8-5-3-2-4-7;1-3-2/h2-5,7H2,1H3,(H,8,9);3H2,1-2H3. The number of carbonyl (C=O) groups excluding carboxylic acids is 1. The maximum Gasteiger partial charge on any atom is 0.406 e. The van der Waals surface area contributed by atoms with Crippen molar-refractivity contribution in [2.24, 2.45) is 5.73 Å². The Morgan fingerprint density at radius 3 is 2.31 bits per heavy atom. The molecular formula is C9H22N2O2. The van der Waals surface area contributed by atoms with E-state index < -0.39 is 0 Å². The molecule has 0 unspecified atom stereocenters. The highest BCUT2D eigenvalue weighted by Gasteiger charge is 1.94. The Kier molecular flexibility index (Phi) is 15.6. The molecule has 0 aliphatic heterocycles. The number of carbonyl (C=O) groups is 1. The molecule has 80 valence electrons. The van der Waals surface area contributed by atoms with Gasteiger partial charge < -0.3 is 15.8 Å². The highest BCUT2D eigenvalue weighted by atomic mass is 16.5. The zero-order valence-electron chi connectivity index (χ0n) is 8.93. The lowest BCUT2D eigenvalue weighted by Gasteiger charge is -2.00. The summed E-state index contributed by atoms with van der Waals surface area (Å²) < 4.78 is 4.35. The Bertz CT molecular complexity index is 108. The number of methoxy groups -OCH3 is 1. The summed E-state index contributed by atoms with van der Waals surface area (Å²) in [4.78, 5) is 10.4. The van der Waals surface area contributed by atoms with Crippen LogP contribution in [0.2, 0.25) is 0 Å². The highest BCUT2D eigenvalue weighted by Crippen LogP contribution is 1.82. The average molecular weight is 190 g/mol. The molecule has 0 fully saturated rings. The second-order valence-corrected chi connectivity index (χ2v) is 2.62. The van der Waals surface area contributed by atoms with Crippen LogP contribution in [0.3, 0.4) is 0 Å². The smallest absolute Gasteiger partial charge is 0.406 e. The van der Waals surface area contributed by atoms with E-state index >= 15 is 0 Å². The number of alkyl carbamates (subject to hydrolysis) is 1. The molecule has 0 saturated heterocycles. The van der Waals surface area contributed by atoms with E-state index in [1.54, 1.807) is 0 Å². The number of hydrogen-bond donors (Lipinski definition) is 2. The summed E-state index contributed by atoms with van der Waals surface area (Å²) in [7, 11) is 1.35. The molecule has 3 N–H and O–H groups in total. The van der Waals surface area contributed by atoms with Crippen molar-refractivity contribution in [3.8, 4) is 0 Å². The zero-order chi connectivity index (χ0) is 10.5. The van der Waals surface area contributed by atoms with Crippen molar-refractivity contribution in [3.63, 3.8) is 0 Å². The van der Waals surface area contributed by atoms with Gasteiger partial charge in [-0.1, -0.05) is 20.3 Å². The van der Waals surface area contributed by atoms with E-state index in [4.69, 9.17) is 5.73 Å². The highest BCUT2D eigenvalue weighted by molar-refractivity contribution is 5.66. The maximum atomic E-state index is 10.4. The summed E-state index contributed by atoms with van der Waals surface area (Å²) >= 11 is 0. The molecule has 0 heterocycles. The van der Waals surface area contributed by atoms with Gasteiger partial charge >= 0.3 is 6.09 Å². The molecule has 13 heavy (non-hydrogen) atoms. The maximum absolute atomic E-state index is 10.4. The van der Waals surface area contributed by atoms with E-state index in [1.165, 1.54) is 13.5 Å². The van der Waals surface area contributed by atoms with Gasteiger partial charge in [0, 0.05) is 6.54 Å². The van der Waals surface area contributed by atoms with Crippen molar-refractivity contribution in [1.29, 1.82) is 0 Å². The van der Waals surface area contributed by atoms with E-state index in [0.717, 1.165) is 12.8 Å². The molecule has 4 heteroatoms. The minimum atomic E-state index is -0.378. The van der Waals surface area contributed by atoms with E-state index in [-0.39, 0.29) is 6.09 Å². The van der Waals surface area contributed by atoms with Crippen molar-refractivity contribution in [3.05, 3.63) is 0 Å². The second kappa shape index (κ2) is 13.8. The van der Waals surface area contributed by atoms with Crippen LogP contribution in [-0.2, 0) is 4.74 Å². The Labute approximate surface area is 80.8 Å². The molecule has 0 aromatic rings. The number of nitrogens with one attached hydrogen (secondary N) is 1. The van der Waals surface area contributed by atoms with Gasteiger partial charge in [0.1, 0.15) is 0 Å². The predicted molar refractivity (Wildman–Crippen MR) is 54.7 cm³/mol. The van der Waals surface area contributed by atoms with Gasteiger partial charge in [-0.25, -0.2) is 4.79 Å². The van der Waals surface area contributed by atoms with Crippen molar-refractivity contribution in [2.75, 3.05) is 20.2 Å². The third kappa shape index (κ3) is 18.3. The molecule has 0 atom stereocenters. The molecule has 0 aromatic heterocycles. The number of rotatable bonds is 4. The lowest BCUT2D eigenvalue weighted by molar-refractivity contribution is 0.171. The number of hydrogen-bond acceptors (Lipinski definition) is 3. The van der Waals surface area contributed by atoms with Gasteiger partial charge in [0.2, 0.25) is 0 Å². The Morgan fingerprint density at radius 2 is 1.92 bits per heavy atom. The van der Waals surface area contributed by atoms with Crippen molar-refractivity contribution >= 4 is 6.09 Å². The number of ether oxygens (including phenoxy) is 1. The largest absolute Gasteiger partial charge is 0.453 e. The van der Waals surface area contributed by atoms with Crippen LogP contribution in [0.1, 0.15) is 33.1 Å². The Morgan fingerprint density at radius 1 is 1.38 bits per heavy atom. The van der Waals surface area contributed by atoms with Gasteiger partial charge in [-0.05, 0) is 19.4 Å². The molecule has 0 bridgehead atoms. The minimum Gasteiger partial charge on any atom is -0.453 e. The van der Waals surface area contributed by atoms with Crippen LogP contribution < -0.4 is 11.1 Å². The van der Waals surface area contributed by atoms with Crippen LogP contribution in [-0.4, -0.2) is 26.3 Å². The van der Waals surface area contributed by atoms with Crippen molar-refractivity contribution in [2.45, 2.75) is 33.1 Å². The summed E-state index contributed by atoms with van der Waals surface area (Å²) in [5.74, 6) is 0. The van der Waals surface area contributed by atoms with Gasteiger partial charge in [0.05, 0.1) is 7.11 Å². The van der Waals surface area contributed by atoms with E-state index in [0.29, 0.717) is 13.1 Å². The van der Waals surface area contributed by atoms with Gasteiger partial charge in [-0.2, -0.15) is 0 Å². The summed E-state index contributed by atoms with van der Waals surface area (Å²) in [6, 6.07) is 0. The van der Waals surface area contributed by atoms with Crippen LogP contribution in [0, 0.1) is 0 Å². The summed E-state index contributed by atoms with van der Waals surface area (Å²) in [5, 5.41) is 2.55. The van der Waals surface area contributed by atoms with Gasteiger partial charge in [-0.15, -0.1) is 0 Å². The lowest BCUT2D eigenvalue weighted by Crippen LogP contribution is -2.24. The normalized spacial score (nSPS) is 8.31. The summed E-state index contributed by atoms with van der Waals surface area (Å²) in [6.07, 6.45) is 2.72. The monoisotopic (exact) mass is 190 g/mol. The van der Waals surface area contributed by atoms with E-state index in [1.807, 2.05) is 0 Å². The summed E-state index contributed by atoms with van der Waals surface area (Å²) in [5.41, 5.74) is 5.23. The molecule has 0 aromatic carbocycles. The van der Waals surface area contributed by atoms with E-state index in [2.05, 4.69) is 23.9 Å². The van der Waals surface area contributed by atoms with Crippen LogP contribution in [0.5, 0.6) is 0 Å². The fourth-order valence-corrected chi connectivity index (χ4v) is 0.532. The molecule has 1 amide bonds. The van der Waals surface area contributed by atoms with Crippen LogP contribution >= 0.6 is 0 Å². The first-order chi connectivity index (χ1) is 6.22. The first-order valence-electron chi connectivity index (χ1n) is 4.74. The first kappa shape index (κ1) is 14.7. The minimum absolute atomic E-state index is 0.378. The van der Waals surface area contributed by atoms with Crippen LogP contribution in [0.15, 0.2) is 0 Å². The average Bonchev–Trinajstić information content (AvgIpc) is 2.13. The molecule has 0 aliphatic rings. The van der Waals surface area contributed by atoms with Gasteiger partial charge in [0.15, 0.2) is 0 Å². The van der Waals surface area contributed by atoms with Gasteiger partial charge in [-0.3, -0.25) is 0 Å². The quantitative estimate of drug-likeness (QED) is 0.660. The Hall–Kier alpha value is -0.770. The molecular weight excluding hydrogens is 168 g/mol. The van der Waals surface area contributed by atoms with Gasteiger partial charge in [0.25, 0.3) is 0 Å². The number of nitrogens with two attached hydrogens (primary N) is 1. The third-order valence-corrected chi connectivity index (χ3v) is 1.09. The molecule has 0 rings (SSSR count). The predicted octanol–water partition coefficient (Wildman–Crippen LogP) is 1.50. The second-order valence-electron chi connectivity index (χ2n) is 2.62. The SMILES string of the molecule is CCC.COC(=O)NCCCCN. The van der Waals surface area contributed by atoms with Crippen LogP contribution in [0.4, 0.5) is 4.79 Å². The first-order valence-corrected chi connectivity index (χ1v) is 4.74. The number of amides is 1. The topological polar surface area (TPSA) is 64.3 Å². The summed E-state index contributed by atoms with van der Waals surface area (Å²) in [6.45, 7) is 5.56. The zero-order valence-corrected chi connectivity index (χ0v) is 8.93. The molecule has 0 spiro atoms. The van der Waals surface area contributed by atoms with Crippen molar-refractivity contribution < 1.29 is 9.53 Å². The fourth-order valence-electron chi connectivity index (χ4n) is 0.532. The molecule has 0 radical (unpaired) electrons. The Balaban J connectivity index is 0. The third-order valence-electron chi connectivity index (χ3n) is 1.09. The van der Waals surface area contributed by atoms with Crippen molar-refractivity contribution in [1.82, 2.24) is 5.32 Å². The fraction of sp³-hybridized carbons (Fsp3) is 0.889. The lowest BCUT2D eigenvalue weighted by atomic mass is 10.3. The van der Waals surface area contributed by atoms with E-state index in [9.17, 15) is 4.79 Å².